The maximum atomic E-state index is 10.8. The van der Waals surface area contributed by atoms with E-state index >= 15 is 0 Å². The van der Waals surface area contributed by atoms with Gasteiger partial charge in [-0.1, -0.05) is 0 Å². The van der Waals surface area contributed by atoms with Crippen LogP contribution in [-0.4, -0.2) is 248 Å². The molecule has 0 saturated heterocycles. The molecule has 0 heterocycles. The summed E-state index contributed by atoms with van der Waals surface area (Å²) in [6, 6.07) is 0. The minimum absolute atomic E-state index is 0.00528. The number of nitrogens with two attached hydrogens (primary N) is 8. The number of hydrogen-bond acceptors (Lipinski definition) is 20. The molecule has 0 aliphatic rings. The second-order valence-corrected chi connectivity index (χ2v) is 13.7. The van der Waals surface area contributed by atoms with E-state index < -0.39 is 29.8 Å². The van der Waals surface area contributed by atoms with Crippen molar-refractivity contribution in [3.8, 4) is 0 Å². The van der Waals surface area contributed by atoms with Crippen molar-refractivity contribution >= 4 is 0 Å². The van der Waals surface area contributed by atoms with E-state index in [-0.39, 0.29) is 52.9 Å². The van der Waals surface area contributed by atoms with Gasteiger partial charge < -0.3 is 85.2 Å². The van der Waals surface area contributed by atoms with Crippen molar-refractivity contribution in [3.63, 3.8) is 0 Å². The van der Waals surface area contributed by atoms with E-state index in [0.717, 1.165) is 0 Å². The molecule has 20 nitrogen and oxygen atoms in total. The number of ether oxygens (including phenoxy) is 4. The largest absolute Gasteiger partial charge is 0.389 e. The van der Waals surface area contributed by atoms with E-state index in [0.29, 0.717) is 131 Å². The molecule has 0 saturated carbocycles. The number of aliphatic hydroxyl groups excluding tert-OH is 4. The molecule has 0 aromatic rings. The van der Waals surface area contributed by atoms with Gasteiger partial charge in [-0.05, 0) is 0 Å². The molecule has 53 heavy (non-hydrogen) atoms. The summed E-state index contributed by atoms with van der Waals surface area (Å²) >= 11 is 0. The first-order valence-electron chi connectivity index (χ1n) is 19.1. The number of nitrogens with zero attached hydrogens (tertiary/aromatic N) is 4. The topological polar surface area (TPSA) is 339 Å². The van der Waals surface area contributed by atoms with E-state index in [9.17, 15) is 20.4 Å². The first-order chi connectivity index (χ1) is 25.5. The summed E-state index contributed by atoms with van der Waals surface area (Å²) in [7, 11) is 0. The van der Waals surface area contributed by atoms with Crippen LogP contribution in [0.15, 0.2) is 0 Å². The first kappa shape index (κ1) is 52.2. The maximum absolute atomic E-state index is 10.8. The molecule has 20 N–H and O–H groups in total. The molecule has 0 aromatic carbocycles. The molecule has 320 valence electrons. The van der Waals surface area contributed by atoms with Crippen LogP contribution in [-0.2, 0) is 18.9 Å². The Morgan fingerprint density at radius 1 is 0.340 bits per heavy atom. The Bertz CT molecular complexity index is 657. The first-order valence-corrected chi connectivity index (χ1v) is 19.1. The summed E-state index contributed by atoms with van der Waals surface area (Å²) in [5.74, 6) is 0. The lowest BCUT2D eigenvalue weighted by Crippen LogP contribution is -2.46. The van der Waals surface area contributed by atoms with Gasteiger partial charge in [-0.15, -0.1) is 0 Å². The highest BCUT2D eigenvalue weighted by molar-refractivity contribution is 4.82. The Kier molecular flexibility index (Phi) is 33.9. The highest BCUT2D eigenvalue weighted by Crippen LogP contribution is 2.22. The highest BCUT2D eigenvalue weighted by Gasteiger charge is 2.34. The third-order valence-corrected chi connectivity index (χ3v) is 8.31. The second kappa shape index (κ2) is 34.4. The standard InChI is InChI=1S/C33H80N12O8/c34-1-9-42(10-2-35)17-29(46)21-50-25-33(26-51-22-30(47)18-43(11-3-36)12-4-37,27-52-23-31(48)19-44(13-5-38)14-6-39)28-53-24-32(49)20-45(15-7-40)16-8-41/h29-32,46-49H,1-28,34-41H2. The van der Waals surface area contributed by atoms with Crippen LogP contribution in [0.5, 0.6) is 0 Å². The summed E-state index contributed by atoms with van der Waals surface area (Å²) < 4.78 is 24.4. The molecular weight excluding hydrogens is 692 g/mol. The van der Waals surface area contributed by atoms with E-state index in [1.165, 1.54) is 0 Å². The summed E-state index contributed by atoms with van der Waals surface area (Å²) in [6.45, 7) is 9.44. The fourth-order valence-corrected chi connectivity index (χ4v) is 5.94. The number of aliphatic hydroxyl groups is 4. The average molecular weight is 773 g/mol. The predicted molar refractivity (Wildman–Crippen MR) is 208 cm³/mol. The van der Waals surface area contributed by atoms with Gasteiger partial charge in [0.1, 0.15) is 0 Å². The van der Waals surface area contributed by atoms with Crippen molar-refractivity contribution in [3.05, 3.63) is 0 Å². The lowest BCUT2D eigenvalue weighted by Gasteiger charge is -2.35. The van der Waals surface area contributed by atoms with E-state index in [4.69, 9.17) is 64.8 Å². The van der Waals surface area contributed by atoms with Crippen LogP contribution in [0.3, 0.4) is 0 Å². The van der Waals surface area contributed by atoms with Gasteiger partial charge >= 0.3 is 0 Å². The van der Waals surface area contributed by atoms with Crippen LogP contribution in [0.2, 0.25) is 0 Å². The van der Waals surface area contributed by atoms with E-state index in [1.54, 1.807) is 0 Å². The van der Waals surface area contributed by atoms with Gasteiger partial charge in [0.25, 0.3) is 0 Å². The molecule has 0 spiro atoms. The number of rotatable bonds is 40. The van der Waals surface area contributed by atoms with Crippen molar-refractivity contribution in [2.45, 2.75) is 24.4 Å². The Hall–Kier alpha value is -0.800. The molecule has 0 amide bonds. The molecule has 0 fully saturated rings. The fourth-order valence-electron chi connectivity index (χ4n) is 5.94. The van der Waals surface area contributed by atoms with Crippen LogP contribution in [0, 0.1) is 5.41 Å². The average Bonchev–Trinajstić information content (AvgIpc) is 3.09. The maximum Gasteiger partial charge on any atom is 0.0900 e. The summed E-state index contributed by atoms with van der Waals surface area (Å²) in [5.41, 5.74) is 44.9. The Labute approximate surface area is 318 Å². The molecule has 0 aliphatic heterocycles. The van der Waals surface area contributed by atoms with Crippen LogP contribution in [0.4, 0.5) is 0 Å². The smallest absolute Gasteiger partial charge is 0.0900 e. The number of hydrogen-bond donors (Lipinski definition) is 12. The minimum Gasteiger partial charge on any atom is -0.389 e. The van der Waals surface area contributed by atoms with E-state index in [1.807, 2.05) is 19.6 Å². The molecule has 0 rings (SSSR count). The van der Waals surface area contributed by atoms with Gasteiger partial charge in [-0.2, -0.15) is 0 Å². The molecule has 4 atom stereocenters. The summed E-state index contributed by atoms with van der Waals surface area (Å²) in [4.78, 5) is 7.88. The van der Waals surface area contributed by atoms with Crippen LogP contribution >= 0.6 is 0 Å². The van der Waals surface area contributed by atoms with Crippen LogP contribution < -0.4 is 45.9 Å². The molecule has 0 aromatic heterocycles. The Balaban J connectivity index is 5.99. The zero-order valence-corrected chi connectivity index (χ0v) is 32.4. The fraction of sp³-hybridized carbons (Fsp3) is 1.00. The highest BCUT2D eigenvalue weighted by atomic mass is 16.5. The predicted octanol–water partition coefficient (Wildman–Crippen LogP) is -7.64. The molecule has 20 heteroatoms. The second-order valence-electron chi connectivity index (χ2n) is 13.7. The van der Waals surface area contributed by atoms with Gasteiger partial charge in [0.2, 0.25) is 0 Å². The SMILES string of the molecule is NCCN(CCN)CC(O)COCC(COCC(O)CN(CCN)CCN)(COCC(O)CN(CCN)CCN)COCC(O)CN(CCN)CCN. The van der Waals surface area contributed by atoms with Crippen molar-refractivity contribution in [1.29, 1.82) is 0 Å². The van der Waals surface area contributed by atoms with Gasteiger partial charge in [-0.3, -0.25) is 19.6 Å². The lowest BCUT2D eigenvalue weighted by molar-refractivity contribution is -0.134. The zero-order chi connectivity index (χ0) is 39.7. The third kappa shape index (κ3) is 27.4. The molecule has 4 unspecified atom stereocenters. The summed E-state index contributed by atoms with van der Waals surface area (Å²) in [6.07, 6.45) is -3.33. The molecular formula is C33H80N12O8. The van der Waals surface area contributed by atoms with Crippen molar-refractivity contribution < 1.29 is 39.4 Å². The molecule has 0 radical (unpaired) electrons. The Morgan fingerprint density at radius 3 is 0.660 bits per heavy atom. The van der Waals surface area contributed by atoms with E-state index in [2.05, 4.69) is 0 Å². The van der Waals surface area contributed by atoms with Crippen LogP contribution in [0.25, 0.3) is 0 Å². The Morgan fingerprint density at radius 2 is 0.509 bits per heavy atom. The van der Waals surface area contributed by atoms with Gasteiger partial charge in [0, 0.05) is 131 Å². The van der Waals surface area contributed by atoms with Crippen molar-refractivity contribution in [2.24, 2.45) is 51.3 Å². The molecule has 0 bridgehead atoms. The summed E-state index contributed by atoms with van der Waals surface area (Å²) in [5, 5.41) is 43.3. The monoisotopic (exact) mass is 773 g/mol. The van der Waals surface area contributed by atoms with Gasteiger partial charge in [0.05, 0.1) is 82.7 Å². The lowest BCUT2D eigenvalue weighted by atomic mass is 9.92. The third-order valence-electron chi connectivity index (χ3n) is 8.31. The minimum atomic E-state index is -0.969. The van der Waals surface area contributed by atoms with Crippen molar-refractivity contribution in [1.82, 2.24) is 19.6 Å². The van der Waals surface area contributed by atoms with Crippen molar-refractivity contribution in [2.75, 3.05) is 184 Å². The molecule has 0 aliphatic carbocycles. The normalized spacial score (nSPS) is 15.8. The van der Waals surface area contributed by atoms with Crippen LogP contribution in [0.1, 0.15) is 0 Å². The van der Waals surface area contributed by atoms with Gasteiger partial charge in [0.15, 0.2) is 0 Å². The quantitative estimate of drug-likeness (QED) is 0.0275. The zero-order valence-electron chi connectivity index (χ0n) is 32.4. The van der Waals surface area contributed by atoms with Gasteiger partial charge in [-0.25, -0.2) is 0 Å².